The fourth-order valence-corrected chi connectivity index (χ4v) is 6.73. The lowest BCUT2D eigenvalue weighted by molar-refractivity contribution is -0.142. The van der Waals surface area contributed by atoms with Gasteiger partial charge < -0.3 is 28.9 Å². The third kappa shape index (κ3) is 7.10. The van der Waals surface area contributed by atoms with Crippen LogP contribution in [0.5, 0.6) is 11.8 Å². The van der Waals surface area contributed by atoms with E-state index in [9.17, 15) is 24.3 Å². The Hall–Kier alpha value is -4.96. The Balaban J connectivity index is 1.42. The Bertz CT molecular complexity index is 1930. The molecule has 1 N–H and O–H groups in total. The second-order valence-corrected chi connectivity index (χ2v) is 14.1. The molecule has 3 atom stereocenters. The number of halogens is 1. The van der Waals surface area contributed by atoms with Crippen molar-refractivity contribution in [3.05, 3.63) is 53.7 Å². The summed E-state index contributed by atoms with van der Waals surface area (Å²) < 4.78 is 28.1. The number of rotatable bonds is 8. The number of piperazine rings is 1. The van der Waals surface area contributed by atoms with Crippen LogP contribution in [0.3, 0.4) is 0 Å². The van der Waals surface area contributed by atoms with Crippen molar-refractivity contribution in [3.8, 4) is 17.8 Å². The van der Waals surface area contributed by atoms with Crippen LogP contribution < -0.4 is 14.4 Å². The minimum atomic E-state index is -1.06. The van der Waals surface area contributed by atoms with E-state index in [1.807, 2.05) is 91.8 Å². The van der Waals surface area contributed by atoms with Gasteiger partial charge in [-0.1, -0.05) is 24.3 Å². The van der Waals surface area contributed by atoms with Crippen LogP contribution in [-0.4, -0.2) is 99.6 Å². The predicted molar refractivity (Wildman–Crippen MR) is 183 cm³/mol. The van der Waals surface area contributed by atoms with E-state index >= 15 is 0 Å². The van der Waals surface area contributed by atoms with Crippen LogP contribution in [-0.2, 0) is 18.3 Å². The molecule has 13 heteroatoms. The van der Waals surface area contributed by atoms with Crippen LogP contribution in [0.25, 0.3) is 21.8 Å². The lowest BCUT2D eigenvalue weighted by Crippen LogP contribution is -2.55. The van der Waals surface area contributed by atoms with Crippen molar-refractivity contribution >= 4 is 39.7 Å². The van der Waals surface area contributed by atoms with Gasteiger partial charge in [0.15, 0.2) is 5.82 Å². The van der Waals surface area contributed by atoms with Crippen molar-refractivity contribution in [1.82, 2.24) is 24.3 Å². The summed E-state index contributed by atoms with van der Waals surface area (Å²) in [5.74, 6) is 0.699. The Morgan fingerprint density at radius 3 is 2.55 bits per heavy atom. The SMILES string of the molecule is CN1C[C@H](F)C[C@H]1COc1nc(N2CCN(C(=O)O)[C@@H](CC#N)C2)c2c(n1)c(Cc1cc(OC(=O)C(C)(C)C)cc3ccccc13)cn2C. The van der Waals surface area contributed by atoms with E-state index in [0.717, 1.165) is 27.4 Å². The van der Waals surface area contributed by atoms with Crippen LogP contribution in [0.1, 0.15) is 44.7 Å². The van der Waals surface area contributed by atoms with Gasteiger partial charge in [-0.15, -0.1) is 0 Å². The Labute approximate surface area is 284 Å². The molecule has 4 heterocycles. The summed E-state index contributed by atoms with van der Waals surface area (Å²) in [7, 11) is 3.78. The number of anilines is 1. The number of nitrogens with zero attached hydrogens (tertiary/aromatic N) is 7. The van der Waals surface area contributed by atoms with Crippen LogP contribution in [0.2, 0.25) is 0 Å². The molecule has 12 nitrogen and oxygen atoms in total. The van der Waals surface area contributed by atoms with E-state index in [4.69, 9.17) is 19.4 Å². The number of carbonyl (C=O) groups excluding carboxylic acids is 1. The number of fused-ring (bicyclic) bond motifs is 2. The number of amides is 1. The van der Waals surface area contributed by atoms with Crippen molar-refractivity contribution < 1.29 is 28.6 Å². The molecule has 0 bridgehead atoms. The molecule has 0 aliphatic carbocycles. The number of benzene rings is 2. The molecule has 0 saturated carbocycles. The number of carbonyl (C=O) groups is 2. The van der Waals surface area contributed by atoms with Gasteiger partial charge >= 0.3 is 18.1 Å². The van der Waals surface area contributed by atoms with E-state index in [-0.39, 0.29) is 44.1 Å². The highest BCUT2D eigenvalue weighted by Gasteiger charge is 2.34. The number of nitriles is 1. The van der Waals surface area contributed by atoms with Crippen LogP contribution in [0, 0.1) is 16.7 Å². The number of aryl methyl sites for hydroxylation is 1. The molecule has 2 saturated heterocycles. The minimum absolute atomic E-state index is 0.0420. The Morgan fingerprint density at radius 2 is 1.86 bits per heavy atom. The number of ether oxygens (including phenoxy) is 2. The van der Waals surface area contributed by atoms with Crippen LogP contribution in [0.15, 0.2) is 42.6 Å². The number of alkyl halides is 1. The Morgan fingerprint density at radius 1 is 1.08 bits per heavy atom. The van der Waals surface area contributed by atoms with Gasteiger partial charge in [-0.25, -0.2) is 9.18 Å². The molecule has 0 spiro atoms. The lowest BCUT2D eigenvalue weighted by Gasteiger charge is -2.39. The molecule has 2 fully saturated rings. The molecule has 4 aromatic rings. The maximum atomic E-state index is 14.1. The molecular formula is C36H42FN7O5. The number of carboxylic acid groups (broad SMARTS) is 1. The van der Waals surface area contributed by atoms with E-state index < -0.39 is 23.7 Å². The highest BCUT2D eigenvalue weighted by molar-refractivity contribution is 5.92. The van der Waals surface area contributed by atoms with Crippen molar-refractivity contribution in [2.24, 2.45) is 12.5 Å². The minimum Gasteiger partial charge on any atom is -0.465 e. The maximum absolute atomic E-state index is 14.1. The normalized spacial score (nSPS) is 20.1. The number of likely N-dealkylation sites (tertiary alicyclic amines) is 1. The van der Waals surface area contributed by atoms with Crippen molar-refractivity contribution in [3.63, 3.8) is 0 Å². The summed E-state index contributed by atoms with van der Waals surface area (Å²) in [6, 6.07) is 13.3. The van der Waals surface area contributed by atoms with Gasteiger partial charge in [-0.2, -0.15) is 15.2 Å². The van der Waals surface area contributed by atoms with E-state index in [1.165, 1.54) is 4.90 Å². The highest BCUT2D eigenvalue weighted by atomic mass is 19.1. The van der Waals surface area contributed by atoms with Crippen molar-refractivity contribution in [2.45, 2.75) is 58.3 Å². The quantitative estimate of drug-likeness (QED) is 0.197. The predicted octanol–water partition coefficient (Wildman–Crippen LogP) is 5.17. The average Bonchev–Trinajstić information content (AvgIpc) is 3.54. The van der Waals surface area contributed by atoms with Crippen LogP contribution >= 0.6 is 0 Å². The van der Waals surface area contributed by atoms with Gasteiger partial charge in [0.05, 0.1) is 23.9 Å². The number of aromatic nitrogens is 3. The number of esters is 1. The molecule has 0 unspecified atom stereocenters. The number of hydrogen-bond acceptors (Lipinski definition) is 9. The zero-order valence-electron chi connectivity index (χ0n) is 28.5. The zero-order chi connectivity index (χ0) is 35.0. The molecule has 258 valence electrons. The average molecular weight is 672 g/mol. The zero-order valence-corrected chi connectivity index (χ0v) is 28.5. The molecule has 6 rings (SSSR count). The van der Waals surface area contributed by atoms with Crippen molar-refractivity contribution in [1.29, 1.82) is 5.26 Å². The molecule has 49 heavy (non-hydrogen) atoms. The number of likely N-dealkylation sites (N-methyl/N-ethyl adjacent to an activating group) is 1. The van der Waals surface area contributed by atoms with Gasteiger partial charge in [0, 0.05) is 57.4 Å². The molecule has 2 aliphatic rings. The van der Waals surface area contributed by atoms with Crippen LogP contribution in [0.4, 0.5) is 15.0 Å². The van der Waals surface area contributed by atoms with Gasteiger partial charge in [-0.3, -0.25) is 9.69 Å². The first-order chi connectivity index (χ1) is 23.3. The molecular weight excluding hydrogens is 629 g/mol. The third-order valence-corrected chi connectivity index (χ3v) is 9.37. The molecule has 0 radical (unpaired) electrons. The summed E-state index contributed by atoms with van der Waals surface area (Å²) in [6.07, 6.45) is 0.863. The first-order valence-electron chi connectivity index (χ1n) is 16.5. The lowest BCUT2D eigenvalue weighted by atomic mass is 9.97. The Kier molecular flexibility index (Phi) is 9.35. The molecule has 2 aliphatic heterocycles. The fraction of sp³-hybridized carbons (Fsp3) is 0.472. The monoisotopic (exact) mass is 671 g/mol. The van der Waals surface area contributed by atoms with Gasteiger partial charge in [0.2, 0.25) is 0 Å². The second-order valence-electron chi connectivity index (χ2n) is 14.1. The topological polar surface area (TPSA) is 137 Å². The highest BCUT2D eigenvalue weighted by Crippen LogP contribution is 2.35. The van der Waals surface area contributed by atoms with E-state index in [2.05, 4.69) is 6.07 Å². The van der Waals surface area contributed by atoms with Gasteiger partial charge in [0.25, 0.3) is 0 Å². The molecule has 2 aromatic carbocycles. The summed E-state index contributed by atoms with van der Waals surface area (Å²) in [4.78, 5) is 39.8. The third-order valence-electron chi connectivity index (χ3n) is 9.37. The summed E-state index contributed by atoms with van der Waals surface area (Å²) in [5, 5.41) is 21.2. The van der Waals surface area contributed by atoms with Gasteiger partial charge in [0.1, 0.15) is 29.6 Å². The summed E-state index contributed by atoms with van der Waals surface area (Å²) in [5.41, 5.74) is 2.55. The molecule has 2 aromatic heterocycles. The first-order valence-corrected chi connectivity index (χ1v) is 16.5. The molecule has 1 amide bonds. The number of hydrogen-bond donors (Lipinski definition) is 1. The fourth-order valence-electron chi connectivity index (χ4n) is 6.73. The maximum Gasteiger partial charge on any atom is 0.407 e. The summed E-state index contributed by atoms with van der Waals surface area (Å²) in [6.45, 7) is 6.83. The van der Waals surface area contributed by atoms with E-state index in [0.29, 0.717) is 43.0 Å². The van der Waals surface area contributed by atoms with Crippen molar-refractivity contribution in [2.75, 3.05) is 44.7 Å². The second kappa shape index (κ2) is 13.5. The standard InChI is InChI=1S/C36H42FN7O5/c1-36(2,3)33(45)49-28-15-22-8-6-7-9-29(22)23(16-28)14-24-18-42(5)31-30(24)39-34(48-21-27-17-25(37)19-41(27)4)40-32(31)43-12-13-44(35(46)47)26(20-43)10-11-38/h6-9,15-16,18,25-27H,10,12-14,17,19-21H2,1-5H3,(H,46,47)/t25-,26+,27+/m1/s1. The summed E-state index contributed by atoms with van der Waals surface area (Å²) >= 11 is 0. The van der Waals surface area contributed by atoms with E-state index in [1.54, 1.807) is 0 Å². The smallest absolute Gasteiger partial charge is 0.407 e. The van der Waals surface area contributed by atoms with Gasteiger partial charge in [-0.05, 0) is 62.7 Å². The first kappa shape index (κ1) is 33.9. The largest absolute Gasteiger partial charge is 0.465 e.